The Balaban J connectivity index is 1.35. The van der Waals surface area contributed by atoms with E-state index in [0.717, 1.165) is 36.0 Å². The Morgan fingerprint density at radius 1 is 1.03 bits per heavy atom. The Morgan fingerprint density at radius 3 is 2.41 bits per heavy atom. The maximum Gasteiger partial charge on any atom is 0.227 e. The molecule has 0 bridgehead atoms. The normalized spacial score (nSPS) is 21.1. The molecular formula is C30H34Cl2F2N4O. The monoisotopic (exact) mass is 574 g/mol. The Bertz CT molecular complexity index is 1380. The van der Waals surface area contributed by atoms with Crippen LogP contribution in [0.4, 0.5) is 8.78 Å². The number of halogens is 4. The fraction of sp³-hybridized carbons (Fsp3) is 0.467. The van der Waals surface area contributed by atoms with Gasteiger partial charge in [0.15, 0.2) is 0 Å². The van der Waals surface area contributed by atoms with Crippen LogP contribution in [0.15, 0.2) is 42.5 Å². The van der Waals surface area contributed by atoms with Gasteiger partial charge in [-0.15, -0.1) is 0 Å². The van der Waals surface area contributed by atoms with Gasteiger partial charge in [-0.1, -0.05) is 35.3 Å². The van der Waals surface area contributed by atoms with Crippen LogP contribution in [0, 0.1) is 24.5 Å². The lowest BCUT2D eigenvalue weighted by Gasteiger charge is -2.35. The highest BCUT2D eigenvalue weighted by molar-refractivity contribution is 6.43. The molecule has 2 saturated heterocycles. The Morgan fingerprint density at radius 2 is 1.74 bits per heavy atom. The Hall–Kier alpha value is -2.48. The second kappa shape index (κ2) is 10.8. The maximum atomic E-state index is 14.9. The molecule has 0 N–H and O–H groups in total. The highest BCUT2D eigenvalue weighted by Gasteiger charge is 2.45. The number of amides is 1. The number of hydrogen-bond acceptors (Lipinski definition) is 3. The van der Waals surface area contributed by atoms with Crippen LogP contribution in [0.25, 0.3) is 5.69 Å². The van der Waals surface area contributed by atoms with Crippen LogP contribution in [0.2, 0.25) is 10.0 Å². The summed E-state index contributed by atoms with van der Waals surface area (Å²) in [6, 6.07) is 11.3. The van der Waals surface area contributed by atoms with Crippen LogP contribution in [-0.2, 0) is 4.79 Å². The first-order chi connectivity index (χ1) is 18.4. The molecule has 0 aliphatic carbocycles. The molecule has 39 heavy (non-hydrogen) atoms. The Labute approximate surface area is 238 Å². The number of carbonyl (C=O) groups is 1. The lowest BCUT2D eigenvalue weighted by atomic mass is 9.86. The van der Waals surface area contributed by atoms with Gasteiger partial charge < -0.3 is 4.90 Å². The van der Waals surface area contributed by atoms with E-state index >= 15 is 0 Å². The van der Waals surface area contributed by atoms with Crippen molar-refractivity contribution >= 4 is 29.1 Å². The van der Waals surface area contributed by atoms with E-state index in [9.17, 15) is 13.6 Å². The first-order valence-corrected chi connectivity index (χ1v) is 14.2. The number of likely N-dealkylation sites (tertiary alicyclic amines) is 2. The molecule has 208 valence electrons. The second-order valence-electron chi connectivity index (χ2n) is 11.7. The summed E-state index contributed by atoms with van der Waals surface area (Å²) in [6.07, 6.45) is 1.56. The van der Waals surface area contributed by atoms with E-state index in [2.05, 4.69) is 36.8 Å². The summed E-state index contributed by atoms with van der Waals surface area (Å²) in [5, 5.41) is 5.62. The average Bonchev–Trinajstić information content (AvgIpc) is 3.50. The molecule has 2 aromatic carbocycles. The van der Waals surface area contributed by atoms with Crippen molar-refractivity contribution < 1.29 is 13.6 Å². The van der Waals surface area contributed by atoms with Crippen molar-refractivity contribution in [1.82, 2.24) is 19.6 Å². The van der Waals surface area contributed by atoms with Gasteiger partial charge >= 0.3 is 0 Å². The van der Waals surface area contributed by atoms with Gasteiger partial charge in [0.2, 0.25) is 5.91 Å². The van der Waals surface area contributed by atoms with Crippen molar-refractivity contribution in [3.05, 3.63) is 81.1 Å². The summed E-state index contributed by atoms with van der Waals surface area (Å²) < 4.78 is 30.4. The zero-order valence-corrected chi connectivity index (χ0v) is 24.2. The molecule has 2 aliphatic heterocycles. The van der Waals surface area contributed by atoms with Crippen LogP contribution >= 0.6 is 23.2 Å². The van der Waals surface area contributed by atoms with E-state index in [4.69, 9.17) is 23.2 Å². The largest absolute Gasteiger partial charge is 0.342 e. The van der Waals surface area contributed by atoms with E-state index < -0.39 is 17.6 Å². The third-order valence-electron chi connectivity index (χ3n) is 8.19. The van der Waals surface area contributed by atoms with Gasteiger partial charge in [0.05, 0.1) is 27.3 Å². The van der Waals surface area contributed by atoms with E-state index in [1.54, 1.807) is 6.07 Å². The fourth-order valence-electron chi connectivity index (χ4n) is 6.01. The SMILES string of the molecule is Cc1cc(C2CCN(C(=O)[C@@H]3CN(C(C)(C)C)C[C@H]3c3ccc(F)cc3F)CC2)n(-c2cccc(Cl)c2Cl)n1. The summed E-state index contributed by atoms with van der Waals surface area (Å²) in [6.45, 7) is 10.5. The van der Waals surface area contributed by atoms with Crippen molar-refractivity contribution in [2.75, 3.05) is 26.2 Å². The summed E-state index contributed by atoms with van der Waals surface area (Å²) in [7, 11) is 0. The zero-order valence-electron chi connectivity index (χ0n) is 22.7. The molecule has 0 spiro atoms. The smallest absolute Gasteiger partial charge is 0.227 e. The van der Waals surface area contributed by atoms with Gasteiger partial charge in [-0.05, 0) is 70.4 Å². The molecule has 0 unspecified atom stereocenters. The molecule has 2 aliphatic rings. The minimum Gasteiger partial charge on any atom is -0.342 e. The molecule has 1 amide bonds. The number of rotatable bonds is 4. The number of nitrogens with zero attached hydrogens (tertiary/aromatic N) is 4. The van der Waals surface area contributed by atoms with E-state index in [1.807, 2.05) is 28.6 Å². The molecule has 0 radical (unpaired) electrons. The molecule has 2 fully saturated rings. The van der Waals surface area contributed by atoms with Crippen LogP contribution < -0.4 is 0 Å². The van der Waals surface area contributed by atoms with Crippen molar-refractivity contribution in [2.24, 2.45) is 5.92 Å². The van der Waals surface area contributed by atoms with Gasteiger partial charge in [-0.25, -0.2) is 13.5 Å². The predicted octanol–water partition coefficient (Wildman–Crippen LogP) is 6.99. The summed E-state index contributed by atoms with van der Waals surface area (Å²) in [5.41, 5.74) is 2.92. The predicted molar refractivity (Wildman–Crippen MR) is 151 cm³/mol. The number of aryl methyl sites for hydroxylation is 1. The minimum absolute atomic E-state index is 0.0384. The summed E-state index contributed by atoms with van der Waals surface area (Å²) in [5.74, 6) is -1.68. The highest BCUT2D eigenvalue weighted by Crippen LogP contribution is 2.40. The fourth-order valence-corrected chi connectivity index (χ4v) is 6.38. The molecule has 3 heterocycles. The lowest BCUT2D eigenvalue weighted by Crippen LogP contribution is -2.44. The van der Waals surface area contributed by atoms with Crippen molar-refractivity contribution in [1.29, 1.82) is 0 Å². The van der Waals surface area contributed by atoms with Gasteiger partial charge in [0, 0.05) is 55.3 Å². The number of benzene rings is 2. The molecule has 0 saturated carbocycles. The van der Waals surface area contributed by atoms with Gasteiger partial charge in [-0.3, -0.25) is 9.69 Å². The first kappa shape index (κ1) is 28.1. The Kier molecular flexibility index (Phi) is 7.79. The van der Waals surface area contributed by atoms with Gasteiger partial charge in [0.25, 0.3) is 0 Å². The van der Waals surface area contributed by atoms with E-state index in [-0.39, 0.29) is 23.3 Å². The minimum atomic E-state index is -0.611. The second-order valence-corrected chi connectivity index (χ2v) is 12.5. The van der Waals surface area contributed by atoms with Gasteiger partial charge in [-0.2, -0.15) is 5.10 Å². The molecule has 2 atom stereocenters. The summed E-state index contributed by atoms with van der Waals surface area (Å²) >= 11 is 12.8. The third kappa shape index (κ3) is 5.59. The summed E-state index contributed by atoms with van der Waals surface area (Å²) in [4.78, 5) is 18.1. The third-order valence-corrected chi connectivity index (χ3v) is 9.00. The molecule has 5 nitrogen and oxygen atoms in total. The quantitative estimate of drug-likeness (QED) is 0.337. The van der Waals surface area contributed by atoms with Crippen molar-refractivity contribution in [3.8, 4) is 5.69 Å². The van der Waals surface area contributed by atoms with Crippen molar-refractivity contribution in [3.63, 3.8) is 0 Å². The van der Waals surface area contributed by atoms with E-state index in [0.29, 0.717) is 41.8 Å². The number of carbonyl (C=O) groups excluding carboxylic acids is 1. The van der Waals surface area contributed by atoms with Crippen LogP contribution in [0.3, 0.4) is 0 Å². The number of hydrogen-bond donors (Lipinski definition) is 0. The molecule has 3 aromatic rings. The van der Waals surface area contributed by atoms with Crippen LogP contribution in [0.1, 0.15) is 62.4 Å². The lowest BCUT2D eigenvalue weighted by molar-refractivity contribution is -0.136. The van der Waals surface area contributed by atoms with E-state index in [1.165, 1.54) is 12.1 Å². The number of piperidine rings is 1. The average molecular weight is 576 g/mol. The number of aromatic nitrogens is 2. The molecule has 5 rings (SSSR count). The first-order valence-electron chi connectivity index (χ1n) is 13.4. The molecule has 9 heteroatoms. The highest BCUT2D eigenvalue weighted by atomic mass is 35.5. The zero-order chi connectivity index (χ0) is 28.1. The molecule has 1 aromatic heterocycles. The van der Waals surface area contributed by atoms with Crippen LogP contribution in [-0.4, -0.2) is 57.2 Å². The topological polar surface area (TPSA) is 41.4 Å². The van der Waals surface area contributed by atoms with Gasteiger partial charge in [0.1, 0.15) is 11.6 Å². The maximum absolute atomic E-state index is 14.9. The van der Waals surface area contributed by atoms with Crippen molar-refractivity contribution in [2.45, 2.75) is 57.9 Å². The molecular weight excluding hydrogens is 541 g/mol. The standard InChI is InChI=1S/C30H34Cl2F2N4O/c1-18-14-27(38(35-18)26-7-5-6-24(31)28(26)32)19-10-12-36(13-11-19)29(39)23-17-37(30(2,3)4)16-22(23)21-9-8-20(33)15-25(21)34/h5-9,14-15,19,22-23H,10-13,16-17H2,1-4H3/t22-,23+/m0/s1. The van der Waals surface area contributed by atoms with Crippen LogP contribution in [0.5, 0.6) is 0 Å².